The molecular weight excluding hydrogens is 184 g/mol. The van der Waals surface area contributed by atoms with Crippen molar-refractivity contribution in [3.63, 3.8) is 0 Å². The quantitative estimate of drug-likeness (QED) is 0.727. The van der Waals surface area contributed by atoms with Crippen molar-refractivity contribution >= 4 is 0 Å². The minimum Gasteiger partial charge on any atom is -0.388 e. The maximum absolute atomic E-state index is 9.83. The smallest absolute Gasteiger partial charge is 0.0826 e. The van der Waals surface area contributed by atoms with Gasteiger partial charge in [0.2, 0.25) is 0 Å². The molecule has 1 heteroatoms. The van der Waals surface area contributed by atoms with E-state index < -0.39 is 6.10 Å². The van der Waals surface area contributed by atoms with Crippen LogP contribution >= 0.6 is 0 Å². The average molecular weight is 202 g/mol. The molecule has 80 valence electrons. The molecule has 0 aliphatic heterocycles. The van der Waals surface area contributed by atoms with Gasteiger partial charge in [-0.2, -0.15) is 0 Å². The van der Waals surface area contributed by atoms with E-state index in [1.165, 1.54) is 5.56 Å². The predicted molar refractivity (Wildman–Crippen MR) is 63.7 cm³/mol. The Morgan fingerprint density at radius 2 is 2.07 bits per heavy atom. The van der Waals surface area contributed by atoms with Gasteiger partial charge in [-0.25, -0.2) is 0 Å². The lowest BCUT2D eigenvalue weighted by Gasteiger charge is -2.11. The highest BCUT2D eigenvalue weighted by Gasteiger charge is 2.08. The highest BCUT2D eigenvalue weighted by atomic mass is 16.3. The Morgan fingerprint density at radius 1 is 1.40 bits per heavy atom. The lowest BCUT2D eigenvalue weighted by molar-refractivity contribution is 0.197. The molecule has 1 atom stereocenters. The summed E-state index contributed by atoms with van der Waals surface area (Å²) < 4.78 is 0. The Kier molecular flexibility index (Phi) is 4.89. The second-order valence-electron chi connectivity index (χ2n) is 3.60. The summed E-state index contributed by atoms with van der Waals surface area (Å²) in [6.45, 7) is 5.60. The fourth-order valence-electron chi connectivity index (χ4n) is 1.60. The van der Waals surface area contributed by atoms with Crippen molar-refractivity contribution < 1.29 is 5.11 Å². The number of aliphatic hydroxyl groups excluding tert-OH is 1. The zero-order chi connectivity index (χ0) is 11.1. The Morgan fingerprint density at radius 3 is 2.60 bits per heavy atom. The summed E-state index contributed by atoms with van der Waals surface area (Å²) in [5.74, 6) is 0. The lowest BCUT2D eigenvalue weighted by Crippen LogP contribution is -2.10. The van der Waals surface area contributed by atoms with Crippen molar-refractivity contribution in [2.45, 2.75) is 32.3 Å². The second kappa shape index (κ2) is 6.23. The minimum atomic E-state index is -0.396. The van der Waals surface area contributed by atoms with Crippen molar-refractivity contribution in [1.82, 2.24) is 0 Å². The second-order valence-corrected chi connectivity index (χ2v) is 3.60. The molecular formula is C14H18O. The normalized spacial score (nSPS) is 11.9. The molecule has 0 radical (unpaired) electrons. The van der Waals surface area contributed by atoms with Crippen molar-refractivity contribution in [2.75, 3.05) is 0 Å². The van der Waals surface area contributed by atoms with Crippen LogP contribution in [0.25, 0.3) is 0 Å². The number of hydrogen-bond acceptors (Lipinski definition) is 1. The van der Waals surface area contributed by atoms with Gasteiger partial charge in [-0.3, -0.25) is 0 Å². The van der Waals surface area contributed by atoms with Gasteiger partial charge in [0.25, 0.3) is 0 Å². The van der Waals surface area contributed by atoms with Crippen LogP contribution in [-0.2, 0) is 6.42 Å². The first-order chi connectivity index (χ1) is 7.27. The van der Waals surface area contributed by atoms with Crippen LogP contribution in [-0.4, -0.2) is 11.2 Å². The van der Waals surface area contributed by atoms with E-state index in [1.54, 1.807) is 0 Å². The van der Waals surface area contributed by atoms with Gasteiger partial charge in [0.1, 0.15) is 0 Å². The van der Waals surface area contributed by atoms with Crippen molar-refractivity contribution in [3.8, 4) is 0 Å². The lowest BCUT2D eigenvalue weighted by atomic mass is 10.0. The molecule has 0 saturated carbocycles. The maximum Gasteiger partial charge on any atom is 0.0826 e. The number of benzene rings is 1. The van der Waals surface area contributed by atoms with Gasteiger partial charge in [-0.1, -0.05) is 43.8 Å². The van der Waals surface area contributed by atoms with E-state index in [-0.39, 0.29) is 0 Å². The fraction of sp³-hybridized carbons (Fsp3) is 0.357. The van der Waals surface area contributed by atoms with E-state index in [2.05, 4.69) is 24.4 Å². The first-order valence-corrected chi connectivity index (χ1v) is 5.38. The number of aryl methyl sites for hydroxylation is 1. The largest absolute Gasteiger partial charge is 0.388 e. The number of aliphatic hydroxyl groups is 1. The van der Waals surface area contributed by atoms with E-state index in [9.17, 15) is 5.11 Å². The van der Waals surface area contributed by atoms with Crippen LogP contribution in [0.2, 0.25) is 0 Å². The molecule has 0 amide bonds. The van der Waals surface area contributed by atoms with Crippen molar-refractivity contribution in [1.29, 1.82) is 0 Å². The standard InChI is InChI=1S/C14H18O/c1-3-13(4-2)14(15)11-10-12-8-6-5-7-9-12/h5-9,14-15H,1,4,10-11H2,2H3/t14-/m0/s1. The Balaban J connectivity index is 2.47. The molecule has 0 fully saturated rings. The molecule has 1 rings (SSSR count). The van der Waals surface area contributed by atoms with Gasteiger partial charge < -0.3 is 5.11 Å². The first kappa shape index (κ1) is 11.8. The van der Waals surface area contributed by atoms with Gasteiger partial charge in [-0.15, -0.1) is 5.73 Å². The monoisotopic (exact) mass is 202 g/mol. The van der Waals surface area contributed by atoms with Crippen LogP contribution in [0.3, 0.4) is 0 Å². The Hall–Kier alpha value is -1.30. The van der Waals surface area contributed by atoms with E-state index >= 15 is 0 Å². The molecule has 0 unspecified atom stereocenters. The molecule has 0 aromatic heterocycles. The van der Waals surface area contributed by atoms with Crippen LogP contribution in [0.1, 0.15) is 25.3 Å². The Labute approximate surface area is 91.8 Å². The molecule has 0 spiro atoms. The van der Waals surface area contributed by atoms with Crippen LogP contribution in [0.15, 0.2) is 48.2 Å². The summed E-state index contributed by atoms with van der Waals surface area (Å²) in [5.41, 5.74) is 4.97. The summed E-state index contributed by atoms with van der Waals surface area (Å²) in [6.07, 6.45) is 2.07. The summed E-state index contributed by atoms with van der Waals surface area (Å²) in [6, 6.07) is 10.2. The summed E-state index contributed by atoms with van der Waals surface area (Å²) in [5, 5.41) is 9.83. The maximum atomic E-state index is 9.83. The molecule has 0 saturated heterocycles. The third kappa shape index (κ3) is 3.75. The highest BCUT2D eigenvalue weighted by Crippen LogP contribution is 2.12. The SMILES string of the molecule is C=C=C(CC)[C@@H](O)CCc1ccccc1. The zero-order valence-electron chi connectivity index (χ0n) is 9.24. The van der Waals surface area contributed by atoms with Crippen LogP contribution in [0.4, 0.5) is 0 Å². The third-order valence-electron chi connectivity index (χ3n) is 2.56. The van der Waals surface area contributed by atoms with Crippen molar-refractivity contribution in [2.24, 2.45) is 0 Å². The minimum absolute atomic E-state index is 0.396. The Bertz CT molecular complexity index is 334. The van der Waals surface area contributed by atoms with Crippen LogP contribution in [0, 0.1) is 0 Å². The summed E-state index contributed by atoms with van der Waals surface area (Å²) >= 11 is 0. The topological polar surface area (TPSA) is 20.2 Å². The molecule has 0 heterocycles. The number of rotatable bonds is 5. The molecule has 0 aliphatic carbocycles. The molecule has 1 aromatic carbocycles. The average Bonchev–Trinajstić information content (AvgIpc) is 2.29. The summed E-state index contributed by atoms with van der Waals surface area (Å²) in [4.78, 5) is 0. The van der Waals surface area contributed by atoms with Gasteiger partial charge >= 0.3 is 0 Å². The van der Waals surface area contributed by atoms with Crippen LogP contribution in [0.5, 0.6) is 0 Å². The van der Waals surface area contributed by atoms with Gasteiger partial charge in [0.15, 0.2) is 0 Å². The first-order valence-electron chi connectivity index (χ1n) is 5.38. The van der Waals surface area contributed by atoms with E-state index in [1.807, 2.05) is 25.1 Å². The molecule has 0 bridgehead atoms. The third-order valence-corrected chi connectivity index (χ3v) is 2.56. The van der Waals surface area contributed by atoms with E-state index in [0.29, 0.717) is 0 Å². The van der Waals surface area contributed by atoms with Crippen molar-refractivity contribution in [3.05, 3.63) is 53.8 Å². The van der Waals surface area contributed by atoms with Crippen LogP contribution < -0.4 is 0 Å². The van der Waals surface area contributed by atoms with Gasteiger partial charge in [0, 0.05) is 0 Å². The van der Waals surface area contributed by atoms with E-state index in [4.69, 9.17) is 0 Å². The molecule has 1 nitrogen and oxygen atoms in total. The summed E-state index contributed by atoms with van der Waals surface area (Å²) in [7, 11) is 0. The predicted octanol–water partition coefficient (Wildman–Crippen LogP) is 3.10. The molecule has 0 aliphatic rings. The molecule has 1 aromatic rings. The highest BCUT2D eigenvalue weighted by molar-refractivity contribution is 5.15. The van der Waals surface area contributed by atoms with Gasteiger partial charge in [-0.05, 0) is 30.4 Å². The number of hydrogen-bond donors (Lipinski definition) is 1. The van der Waals surface area contributed by atoms with Gasteiger partial charge in [0.05, 0.1) is 6.10 Å². The fourth-order valence-corrected chi connectivity index (χ4v) is 1.60. The zero-order valence-corrected chi connectivity index (χ0v) is 9.24. The van der Waals surface area contributed by atoms with E-state index in [0.717, 1.165) is 24.8 Å². The molecule has 15 heavy (non-hydrogen) atoms. The molecule has 1 N–H and O–H groups in total.